The summed E-state index contributed by atoms with van der Waals surface area (Å²) in [5.74, 6) is 1.06. The Morgan fingerprint density at radius 1 is 1.22 bits per heavy atom. The summed E-state index contributed by atoms with van der Waals surface area (Å²) in [6.45, 7) is 1.08. The summed E-state index contributed by atoms with van der Waals surface area (Å²) < 4.78 is 0. The van der Waals surface area contributed by atoms with E-state index in [0.29, 0.717) is 13.1 Å². The Morgan fingerprint density at radius 2 is 1.89 bits per heavy atom. The molecule has 0 spiro atoms. The second kappa shape index (κ2) is 8.64. The van der Waals surface area contributed by atoms with Gasteiger partial charge in [-0.25, -0.2) is 4.79 Å². The van der Waals surface area contributed by atoms with Crippen molar-refractivity contribution in [1.29, 1.82) is 0 Å². The monoisotopic (exact) mass is 274 g/mol. The number of rotatable bonds is 6. The number of amides is 2. The molecule has 0 heterocycles. The third-order valence-corrected chi connectivity index (χ3v) is 4.12. The first-order chi connectivity index (χ1) is 8.66. The highest BCUT2D eigenvalue weighted by atomic mass is 32.2. The highest BCUT2D eigenvalue weighted by Crippen LogP contribution is 2.26. The molecule has 4 nitrogen and oxygen atoms in total. The molecule has 0 saturated heterocycles. The number of hydrogen-bond donors (Lipinski definition) is 3. The third kappa shape index (κ3) is 6.50. The highest BCUT2D eigenvalue weighted by molar-refractivity contribution is 7.98. The molecule has 106 valence electrons. The molecule has 0 radical (unpaired) electrons. The molecule has 0 bridgehead atoms. The fourth-order valence-corrected chi connectivity index (χ4v) is 2.72. The second-order valence-corrected chi connectivity index (χ2v) is 6.08. The van der Waals surface area contributed by atoms with Crippen LogP contribution in [0.15, 0.2) is 0 Å². The van der Waals surface area contributed by atoms with Gasteiger partial charge >= 0.3 is 6.03 Å². The molecular weight excluding hydrogens is 248 g/mol. The Morgan fingerprint density at radius 3 is 2.50 bits per heavy atom. The number of nitrogens with one attached hydrogen (secondary N) is 2. The maximum Gasteiger partial charge on any atom is 0.314 e. The van der Waals surface area contributed by atoms with Crippen LogP contribution >= 0.6 is 11.8 Å². The first-order valence-corrected chi connectivity index (χ1v) is 8.29. The number of thioether (sulfide) groups is 1. The van der Waals surface area contributed by atoms with E-state index >= 15 is 0 Å². The zero-order valence-electron chi connectivity index (χ0n) is 11.3. The van der Waals surface area contributed by atoms with Crippen molar-refractivity contribution in [2.75, 3.05) is 25.1 Å². The summed E-state index contributed by atoms with van der Waals surface area (Å²) in [4.78, 5) is 11.5. The number of carbonyl (C=O) groups excluding carboxylic acids is 1. The summed E-state index contributed by atoms with van der Waals surface area (Å²) in [6, 6.07) is -0.159. The summed E-state index contributed by atoms with van der Waals surface area (Å²) in [7, 11) is 0. The number of carbonyl (C=O) groups is 1. The standard InChI is InChI=1S/C13H26N2O2S/c1-18-10-6-9-14-12(16)15-11-13(17)7-4-2-3-5-8-13/h17H,2-11H2,1H3,(H2,14,15,16). The van der Waals surface area contributed by atoms with Crippen LogP contribution in [0.3, 0.4) is 0 Å². The lowest BCUT2D eigenvalue weighted by Gasteiger charge is -2.26. The lowest BCUT2D eigenvalue weighted by Crippen LogP contribution is -2.46. The summed E-state index contributed by atoms with van der Waals surface area (Å²) in [5, 5.41) is 16.0. The first-order valence-electron chi connectivity index (χ1n) is 6.89. The first kappa shape index (κ1) is 15.6. The van der Waals surface area contributed by atoms with Crippen LogP contribution in [-0.2, 0) is 0 Å². The largest absolute Gasteiger partial charge is 0.388 e. The molecule has 1 saturated carbocycles. The van der Waals surface area contributed by atoms with E-state index in [4.69, 9.17) is 0 Å². The van der Waals surface area contributed by atoms with Gasteiger partial charge in [0, 0.05) is 13.1 Å². The number of aliphatic hydroxyl groups is 1. The van der Waals surface area contributed by atoms with Gasteiger partial charge in [-0.15, -0.1) is 0 Å². The topological polar surface area (TPSA) is 61.4 Å². The van der Waals surface area contributed by atoms with Crippen LogP contribution in [0.2, 0.25) is 0 Å². The van der Waals surface area contributed by atoms with E-state index in [9.17, 15) is 9.90 Å². The van der Waals surface area contributed by atoms with E-state index < -0.39 is 5.60 Å². The van der Waals surface area contributed by atoms with Gasteiger partial charge < -0.3 is 15.7 Å². The predicted molar refractivity (Wildman–Crippen MR) is 77.1 cm³/mol. The Hall–Kier alpha value is -0.420. The molecule has 0 unspecified atom stereocenters. The van der Waals surface area contributed by atoms with Crippen LogP contribution in [0.25, 0.3) is 0 Å². The van der Waals surface area contributed by atoms with Gasteiger partial charge in [0.2, 0.25) is 0 Å². The molecule has 0 aliphatic heterocycles. The van der Waals surface area contributed by atoms with Crippen molar-refractivity contribution < 1.29 is 9.90 Å². The molecule has 0 aromatic heterocycles. The van der Waals surface area contributed by atoms with Gasteiger partial charge in [0.15, 0.2) is 0 Å². The Balaban J connectivity index is 2.15. The van der Waals surface area contributed by atoms with E-state index in [-0.39, 0.29) is 6.03 Å². The fourth-order valence-electron chi connectivity index (χ4n) is 2.29. The van der Waals surface area contributed by atoms with Crippen molar-refractivity contribution in [2.45, 2.75) is 50.5 Å². The molecule has 2 amide bonds. The maximum absolute atomic E-state index is 11.5. The van der Waals surface area contributed by atoms with Crippen LogP contribution < -0.4 is 10.6 Å². The van der Waals surface area contributed by atoms with Gasteiger partial charge in [-0.3, -0.25) is 0 Å². The molecule has 0 atom stereocenters. The third-order valence-electron chi connectivity index (χ3n) is 3.42. The van der Waals surface area contributed by atoms with Crippen molar-refractivity contribution in [3.05, 3.63) is 0 Å². The molecule has 5 heteroatoms. The van der Waals surface area contributed by atoms with Crippen molar-refractivity contribution in [3.63, 3.8) is 0 Å². The minimum Gasteiger partial charge on any atom is -0.388 e. The average molecular weight is 274 g/mol. The van der Waals surface area contributed by atoms with E-state index in [1.165, 1.54) is 12.8 Å². The fraction of sp³-hybridized carbons (Fsp3) is 0.923. The average Bonchev–Trinajstić information content (AvgIpc) is 2.58. The molecule has 1 aliphatic carbocycles. The second-order valence-electron chi connectivity index (χ2n) is 5.09. The minimum absolute atomic E-state index is 0.159. The smallest absolute Gasteiger partial charge is 0.314 e. The summed E-state index contributed by atoms with van der Waals surface area (Å²) in [5.41, 5.74) is -0.687. The SMILES string of the molecule is CSCCCNC(=O)NCC1(O)CCCCCC1. The quantitative estimate of drug-likeness (QED) is 0.513. The number of urea groups is 1. The Bertz CT molecular complexity index is 241. The van der Waals surface area contributed by atoms with Gasteiger partial charge in [0.25, 0.3) is 0 Å². The normalized spacial score (nSPS) is 19.0. The van der Waals surface area contributed by atoms with Crippen molar-refractivity contribution in [1.82, 2.24) is 10.6 Å². The summed E-state index contributed by atoms with van der Waals surface area (Å²) >= 11 is 1.78. The van der Waals surface area contributed by atoms with Gasteiger partial charge in [0.1, 0.15) is 0 Å². The molecule has 1 rings (SSSR count). The van der Waals surface area contributed by atoms with Crippen LogP contribution in [0, 0.1) is 0 Å². The molecular formula is C13H26N2O2S. The van der Waals surface area contributed by atoms with Gasteiger partial charge in [-0.1, -0.05) is 25.7 Å². The molecule has 3 N–H and O–H groups in total. The molecule has 0 aromatic rings. The zero-order chi connectivity index (χ0) is 13.3. The lowest BCUT2D eigenvalue weighted by atomic mass is 9.95. The number of hydrogen-bond acceptors (Lipinski definition) is 3. The van der Waals surface area contributed by atoms with Gasteiger partial charge in [-0.05, 0) is 31.3 Å². The van der Waals surface area contributed by atoms with Crippen LogP contribution in [0.1, 0.15) is 44.9 Å². The van der Waals surface area contributed by atoms with E-state index in [1.54, 1.807) is 11.8 Å². The van der Waals surface area contributed by atoms with E-state index in [1.807, 2.05) is 0 Å². The maximum atomic E-state index is 11.5. The van der Waals surface area contributed by atoms with Crippen LogP contribution in [-0.4, -0.2) is 41.8 Å². The highest BCUT2D eigenvalue weighted by Gasteiger charge is 2.28. The predicted octanol–water partition coefficient (Wildman–Crippen LogP) is 2.12. The molecule has 0 aromatic carbocycles. The molecule has 1 aliphatic rings. The Kier molecular flexibility index (Phi) is 7.51. The molecule has 18 heavy (non-hydrogen) atoms. The van der Waals surface area contributed by atoms with Gasteiger partial charge in [-0.2, -0.15) is 11.8 Å². The van der Waals surface area contributed by atoms with E-state index in [0.717, 1.165) is 37.9 Å². The van der Waals surface area contributed by atoms with Crippen LogP contribution in [0.5, 0.6) is 0 Å². The van der Waals surface area contributed by atoms with Crippen molar-refractivity contribution in [2.24, 2.45) is 0 Å². The van der Waals surface area contributed by atoms with Gasteiger partial charge in [0.05, 0.1) is 5.60 Å². The zero-order valence-corrected chi connectivity index (χ0v) is 12.2. The molecule has 1 fully saturated rings. The van der Waals surface area contributed by atoms with Crippen LogP contribution in [0.4, 0.5) is 4.79 Å². The van der Waals surface area contributed by atoms with Crippen molar-refractivity contribution >= 4 is 17.8 Å². The van der Waals surface area contributed by atoms with Crippen molar-refractivity contribution in [3.8, 4) is 0 Å². The Labute approximate surface area is 114 Å². The minimum atomic E-state index is -0.687. The lowest BCUT2D eigenvalue weighted by molar-refractivity contribution is 0.0277. The summed E-state index contributed by atoms with van der Waals surface area (Å²) in [6.07, 6.45) is 9.17. The van der Waals surface area contributed by atoms with E-state index in [2.05, 4.69) is 16.9 Å².